The van der Waals surface area contributed by atoms with E-state index >= 15 is 0 Å². The minimum absolute atomic E-state index is 0.569. The Balaban J connectivity index is 1.19. The Morgan fingerprint density at radius 2 is 0.967 bits per heavy atom. The zero-order chi connectivity index (χ0) is 39.3. The first-order valence-electron chi connectivity index (χ1n) is 20.3. The molecule has 0 N–H and O–H groups in total. The second-order valence-electron chi connectivity index (χ2n) is 15.6. The molecular weight excluding hydrogens is 733 g/mol. The Morgan fingerprint density at radius 1 is 0.350 bits per heavy atom. The van der Waals surface area contributed by atoms with Gasteiger partial charge in [0.05, 0.1) is 22.3 Å². The molecule has 0 saturated heterocycles. The Bertz CT molecular complexity index is 3910. The van der Waals surface area contributed by atoms with Crippen molar-refractivity contribution in [3.8, 4) is 39.9 Å². The van der Waals surface area contributed by atoms with E-state index in [2.05, 4.69) is 187 Å². The molecule has 10 aromatic carbocycles. The van der Waals surface area contributed by atoms with Crippen LogP contribution in [-0.4, -0.2) is 19.5 Å². The Hall–Kier alpha value is -8.15. The fourth-order valence-electron chi connectivity index (χ4n) is 9.44. The summed E-state index contributed by atoms with van der Waals surface area (Å²) in [6, 6.07) is 68.6. The Labute approximate surface area is 343 Å². The summed E-state index contributed by atoms with van der Waals surface area (Å²) in [4.78, 5) is 16.4. The fourth-order valence-corrected chi connectivity index (χ4v) is 9.44. The van der Waals surface area contributed by atoms with Gasteiger partial charge in [0.25, 0.3) is 0 Å². The molecule has 5 heteroatoms. The molecule has 0 atom stereocenters. The van der Waals surface area contributed by atoms with E-state index in [4.69, 9.17) is 19.4 Å². The predicted octanol–water partition coefficient (Wildman–Crippen LogP) is 14.5. The lowest BCUT2D eigenvalue weighted by molar-refractivity contribution is 0.669. The van der Waals surface area contributed by atoms with Crippen molar-refractivity contribution >= 4 is 86.8 Å². The zero-order valence-corrected chi connectivity index (χ0v) is 32.2. The largest absolute Gasteiger partial charge is 0.456 e. The molecule has 60 heavy (non-hydrogen) atoms. The van der Waals surface area contributed by atoms with Crippen LogP contribution in [0.3, 0.4) is 0 Å². The van der Waals surface area contributed by atoms with Gasteiger partial charge >= 0.3 is 0 Å². The van der Waals surface area contributed by atoms with Gasteiger partial charge in [-0.3, -0.25) is 0 Å². The molecule has 0 radical (unpaired) electrons. The first-order chi connectivity index (χ1) is 29.7. The van der Waals surface area contributed by atoms with E-state index in [9.17, 15) is 0 Å². The average Bonchev–Trinajstić information content (AvgIpc) is 3.85. The highest BCUT2D eigenvalue weighted by Gasteiger charge is 2.25. The molecule has 0 saturated carbocycles. The van der Waals surface area contributed by atoms with Crippen molar-refractivity contribution in [3.05, 3.63) is 194 Å². The number of benzene rings is 10. The van der Waals surface area contributed by atoms with Crippen LogP contribution in [0.1, 0.15) is 0 Å². The maximum atomic E-state index is 6.62. The molecule has 13 aromatic rings. The van der Waals surface area contributed by atoms with E-state index in [0.717, 1.165) is 82.3 Å². The standard InChI is InChI=1S/C55H32N4O/c1-2-14-34-29-38(26-25-33(34)13-1)53-56-54(45-31-37-17-5-6-18-39(37)40-19-7-8-20-41(40)45)58-55(57-53)52-47(27-28-50-51(52)43-22-10-12-24-49(43)60-50)59-46-23-11-9-21-42(46)44-30-35-15-3-4-16-36(35)32-48(44)59/h1-32H. The van der Waals surface area contributed by atoms with Crippen molar-refractivity contribution < 1.29 is 4.42 Å². The maximum absolute atomic E-state index is 6.62. The molecule has 0 aliphatic rings. The molecule has 5 nitrogen and oxygen atoms in total. The lowest BCUT2D eigenvalue weighted by Gasteiger charge is -2.17. The maximum Gasteiger partial charge on any atom is 0.166 e. The Kier molecular flexibility index (Phi) is 6.95. The van der Waals surface area contributed by atoms with Gasteiger partial charge in [-0.2, -0.15) is 0 Å². The summed E-state index contributed by atoms with van der Waals surface area (Å²) in [6.07, 6.45) is 0. The number of hydrogen-bond acceptors (Lipinski definition) is 4. The molecule has 0 aliphatic heterocycles. The number of furan rings is 1. The Morgan fingerprint density at radius 3 is 1.80 bits per heavy atom. The van der Waals surface area contributed by atoms with Crippen molar-refractivity contribution in [1.29, 1.82) is 0 Å². The fraction of sp³-hybridized carbons (Fsp3) is 0. The zero-order valence-electron chi connectivity index (χ0n) is 32.2. The van der Waals surface area contributed by atoms with Crippen LogP contribution < -0.4 is 0 Å². The van der Waals surface area contributed by atoms with Crippen LogP contribution in [0.4, 0.5) is 0 Å². The minimum Gasteiger partial charge on any atom is -0.456 e. The van der Waals surface area contributed by atoms with Crippen LogP contribution in [0.5, 0.6) is 0 Å². The molecule has 0 amide bonds. The van der Waals surface area contributed by atoms with Crippen LogP contribution in [0, 0.1) is 0 Å². The van der Waals surface area contributed by atoms with E-state index in [1.165, 1.54) is 26.9 Å². The van der Waals surface area contributed by atoms with Crippen molar-refractivity contribution in [2.24, 2.45) is 0 Å². The van der Waals surface area contributed by atoms with Gasteiger partial charge in [-0.1, -0.05) is 146 Å². The SMILES string of the molecule is c1ccc2cc(-c3nc(-c4cc5ccccc5c5ccccc45)nc(-c4c(-n5c6ccccc6c6cc7ccccc7cc65)ccc5oc6ccccc6c45)n3)ccc2c1. The van der Waals surface area contributed by atoms with Gasteiger partial charge in [0.2, 0.25) is 0 Å². The van der Waals surface area contributed by atoms with Crippen LogP contribution in [0.15, 0.2) is 199 Å². The molecule has 0 spiro atoms. The molecule has 3 aromatic heterocycles. The van der Waals surface area contributed by atoms with Gasteiger partial charge < -0.3 is 8.98 Å². The highest BCUT2D eigenvalue weighted by molar-refractivity contribution is 6.18. The molecule has 0 unspecified atom stereocenters. The summed E-state index contributed by atoms with van der Waals surface area (Å²) in [7, 11) is 0. The van der Waals surface area contributed by atoms with Gasteiger partial charge in [0, 0.05) is 32.7 Å². The third-order valence-electron chi connectivity index (χ3n) is 12.2. The summed E-state index contributed by atoms with van der Waals surface area (Å²) in [5.41, 5.74) is 7.48. The average molecular weight is 765 g/mol. The third kappa shape index (κ3) is 4.90. The number of hydrogen-bond donors (Lipinski definition) is 0. The highest BCUT2D eigenvalue weighted by atomic mass is 16.3. The normalized spacial score (nSPS) is 12.0. The minimum atomic E-state index is 0.569. The van der Waals surface area contributed by atoms with Crippen molar-refractivity contribution in [2.75, 3.05) is 0 Å². The van der Waals surface area contributed by atoms with E-state index in [0.29, 0.717) is 17.5 Å². The number of rotatable bonds is 4. The number of nitrogens with zero attached hydrogens (tertiary/aromatic N) is 4. The number of para-hydroxylation sites is 2. The molecule has 13 rings (SSSR count). The van der Waals surface area contributed by atoms with Gasteiger partial charge in [-0.25, -0.2) is 15.0 Å². The van der Waals surface area contributed by atoms with Gasteiger partial charge in [-0.15, -0.1) is 0 Å². The van der Waals surface area contributed by atoms with E-state index in [1.807, 2.05) is 12.1 Å². The first kappa shape index (κ1) is 32.9. The van der Waals surface area contributed by atoms with E-state index in [-0.39, 0.29) is 0 Å². The summed E-state index contributed by atoms with van der Waals surface area (Å²) in [5, 5.41) is 13.5. The first-order valence-corrected chi connectivity index (χ1v) is 20.3. The summed E-state index contributed by atoms with van der Waals surface area (Å²) in [5.74, 6) is 1.77. The quantitative estimate of drug-likeness (QED) is 0.167. The van der Waals surface area contributed by atoms with Crippen LogP contribution in [0.2, 0.25) is 0 Å². The molecular formula is C55H32N4O. The third-order valence-corrected chi connectivity index (χ3v) is 12.2. The van der Waals surface area contributed by atoms with Crippen LogP contribution in [-0.2, 0) is 0 Å². The van der Waals surface area contributed by atoms with Crippen LogP contribution >= 0.6 is 0 Å². The molecule has 3 heterocycles. The molecule has 278 valence electrons. The molecule has 0 fully saturated rings. The summed E-state index contributed by atoms with van der Waals surface area (Å²) in [6.45, 7) is 0. The summed E-state index contributed by atoms with van der Waals surface area (Å²) >= 11 is 0. The van der Waals surface area contributed by atoms with E-state index in [1.54, 1.807) is 0 Å². The molecule has 0 bridgehead atoms. The number of fused-ring (bicyclic) bond motifs is 11. The number of aromatic nitrogens is 4. The predicted molar refractivity (Wildman–Crippen MR) is 248 cm³/mol. The second kappa shape index (κ2) is 12.7. The topological polar surface area (TPSA) is 56.7 Å². The van der Waals surface area contributed by atoms with Crippen LogP contribution in [0.25, 0.3) is 127 Å². The highest BCUT2D eigenvalue weighted by Crippen LogP contribution is 2.44. The smallest absolute Gasteiger partial charge is 0.166 e. The second-order valence-corrected chi connectivity index (χ2v) is 15.6. The van der Waals surface area contributed by atoms with Crippen molar-refractivity contribution in [1.82, 2.24) is 19.5 Å². The summed E-state index contributed by atoms with van der Waals surface area (Å²) < 4.78 is 9.01. The van der Waals surface area contributed by atoms with Gasteiger partial charge in [0.1, 0.15) is 11.2 Å². The van der Waals surface area contributed by atoms with E-state index < -0.39 is 0 Å². The van der Waals surface area contributed by atoms with Crippen molar-refractivity contribution in [3.63, 3.8) is 0 Å². The lowest BCUT2D eigenvalue weighted by atomic mass is 9.96. The van der Waals surface area contributed by atoms with Crippen molar-refractivity contribution in [2.45, 2.75) is 0 Å². The van der Waals surface area contributed by atoms with Gasteiger partial charge in [0.15, 0.2) is 17.5 Å². The monoisotopic (exact) mass is 764 g/mol. The molecule has 0 aliphatic carbocycles. The lowest BCUT2D eigenvalue weighted by Crippen LogP contribution is -2.04. The van der Waals surface area contributed by atoms with Gasteiger partial charge in [-0.05, 0) is 91.6 Å².